The zero-order valence-corrected chi connectivity index (χ0v) is 13.9. The van der Waals surface area contributed by atoms with Gasteiger partial charge in [0.1, 0.15) is 0 Å². The van der Waals surface area contributed by atoms with Gasteiger partial charge in [-0.1, -0.05) is 31.9 Å². The molecule has 0 bridgehead atoms. The van der Waals surface area contributed by atoms with Gasteiger partial charge in [-0.15, -0.1) is 5.10 Å². The Hall–Kier alpha value is -0.940. The summed E-state index contributed by atoms with van der Waals surface area (Å²) in [5.74, 6) is 0.730. The Morgan fingerprint density at radius 2 is 2.33 bits per heavy atom. The van der Waals surface area contributed by atoms with Crippen LogP contribution >= 0.6 is 0 Å². The summed E-state index contributed by atoms with van der Waals surface area (Å²) >= 11 is 0. The van der Waals surface area contributed by atoms with E-state index in [2.05, 4.69) is 36.4 Å². The van der Waals surface area contributed by atoms with Crippen molar-refractivity contribution >= 4 is 0 Å². The van der Waals surface area contributed by atoms with Gasteiger partial charge in [-0.05, 0) is 32.2 Å². The van der Waals surface area contributed by atoms with Gasteiger partial charge in [0, 0.05) is 32.3 Å². The van der Waals surface area contributed by atoms with Crippen LogP contribution in [0, 0.1) is 5.92 Å². The molecule has 1 saturated carbocycles. The van der Waals surface area contributed by atoms with E-state index in [1.54, 1.807) is 4.68 Å². The molecule has 1 aromatic heterocycles. The molecule has 21 heavy (non-hydrogen) atoms. The summed E-state index contributed by atoms with van der Waals surface area (Å²) in [6.45, 7) is 8.34. The minimum atomic E-state index is -0.0556. The average molecular weight is 294 g/mol. The first-order valence-electron chi connectivity index (χ1n) is 8.32. The molecule has 1 N–H and O–H groups in total. The Morgan fingerprint density at radius 1 is 1.52 bits per heavy atom. The summed E-state index contributed by atoms with van der Waals surface area (Å²) in [7, 11) is 1.92. The summed E-state index contributed by atoms with van der Waals surface area (Å²) in [6.07, 6.45) is 7.74. The summed E-state index contributed by atoms with van der Waals surface area (Å²) in [4.78, 5) is 0. The molecule has 0 spiro atoms. The molecular weight excluding hydrogens is 264 g/mol. The summed E-state index contributed by atoms with van der Waals surface area (Å²) in [5.41, 5.74) is 0.987. The lowest BCUT2D eigenvalue weighted by Crippen LogP contribution is -2.56. The third-order valence-corrected chi connectivity index (χ3v) is 4.57. The van der Waals surface area contributed by atoms with E-state index >= 15 is 0 Å². The summed E-state index contributed by atoms with van der Waals surface area (Å²) < 4.78 is 8.09. The van der Waals surface area contributed by atoms with Crippen LogP contribution in [0.15, 0.2) is 6.20 Å². The van der Waals surface area contributed by atoms with Gasteiger partial charge < -0.3 is 10.1 Å². The first-order valence-corrected chi connectivity index (χ1v) is 8.32. The van der Waals surface area contributed by atoms with E-state index in [1.165, 1.54) is 12.8 Å². The van der Waals surface area contributed by atoms with Gasteiger partial charge in [-0.25, -0.2) is 0 Å². The van der Waals surface area contributed by atoms with Crippen molar-refractivity contribution in [3.8, 4) is 0 Å². The second kappa shape index (κ2) is 7.36. The Balaban J connectivity index is 2.18. The molecule has 0 radical (unpaired) electrons. The number of nitrogens with zero attached hydrogens (tertiary/aromatic N) is 3. The number of nitrogens with one attached hydrogen (secondary N) is 1. The molecule has 1 aromatic rings. The number of ether oxygens (including phenoxy) is 1. The van der Waals surface area contributed by atoms with Crippen LogP contribution in [0.4, 0.5) is 0 Å². The van der Waals surface area contributed by atoms with Crippen molar-refractivity contribution < 1.29 is 4.74 Å². The molecule has 1 heterocycles. The van der Waals surface area contributed by atoms with Crippen LogP contribution in [0.5, 0.6) is 0 Å². The van der Waals surface area contributed by atoms with Crippen molar-refractivity contribution in [1.82, 2.24) is 20.3 Å². The maximum absolute atomic E-state index is 6.32. The Kier molecular flexibility index (Phi) is 5.76. The SMILES string of the molecule is CCNC(Cc1cn(C)nn1)C1(OCC)CCCC(C)C1. The van der Waals surface area contributed by atoms with Gasteiger partial charge in [-0.3, -0.25) is 4.68 Å². The molecule has 3 unspecified atom stereocenters. The molecule has 5 nitrogen and oxygen atoms in total. The van der Waals surface area contributed by atoms with E-state index in [9.17, 15) is 0 Å². The Labute approximate surface area is 128 Å². The first kappa shape index (κ1) is 16.4. The number of likely N-dealkylation sites (N-methyl/N-ethyl adjacent to an activating group) is 1. The van der Waals surface area contributed by atoms with Crippen LogP contribution in [0.2, 0.25) is 0 Å². The standard InChI is InChI=1S/C16H30N4O/c1-5-17-15(10-14-12-20(4)19-18-14)16(21-6-2)9-7-8-13(3)11-16/h12-13,15,17H,5-11H2,1-4H3. The molecule has 1 fully saturated rings. The van der Waals surface area contributed by atoms with Gasteiger partial charge in [0.25, 0.3) is 0 Å². The van der Waals surface area contributed by atoms with Crippen molar-refractivity contribution in [3.63, 3.8) is 0 Å². The highest BCUT2D eigenvalue weighted by molar-refractivity contribution is 5.04. The van der Waals surface area contributed by atoms with Crippen LogP contribution < -0.4 is 5.32 Å². The smallest absolute Gasteiger partial charge is 0.0843 e. The largest absolute Gasteiger partial charge is 0.374 e. The molecule has 1 aliphatic carbocycles. The number of hydrogen-bond acceptors (Lipinski definition) is 4. The number of aromatic nitrogens is 3. The highest BCUT2D eigenvalue weighted by atomic mass is 16.5. The fourth-order valence-electron chi connectivity index (χ4n) is 3.77. The Morgan fingerprint density at radius 3 is 2.90 bits per heavy atom. The molecule has 0 saturated heterocycles. The lowest BCUT2D eigenvalue weighted by molar-refractivity contribution is -0.1000. The number of aryl methyl sites for hydroxylation is 1. The predicted molar refractivity (Wildman–Crippen MR) is 84.2 cm³/mol. The van der Waals surface area contributed by atoms with Crippen molar-refractivity contribution in [1.29, 1.82) is 0 Å². The minimum Gasteiger partial charge on any atom is -0.374 e. The Bertz CT molecular complexity index is 430. The van der Waals surface area contributed by atoms with Crippen LogP contribution in [0.3, 0.4) is 0 Å². The second-order valence-electron chi connectivity index (χ2n) is 6.40. The van der Waals surface area contributed by atoms with Crippen LogP contribution in [0.25, 0.3) is 0 Å². The number of rotatable bonds is 7. The van der Waals surface area contributed by atoms with Crippen LogP contribution in [-0.4, -0.2) is 39.8 Å². The van der Waals surface area contributed by atoms with E-state index < -0.39 is 0 Å². The fourth-order valence-corrected chi connectivity index (χ4v) is 3.77. The summed E-state index contributed by atoms with van der Waals surface area (Å²) in [6, 6.07) is 0.307. The normalized spacial score (nSPS) is 27.7. The third-order valence-electron chi connectivity index (χ3n) is 4.57. The summed E-state index contributed by atoms with van der Waals surface area (Å²) in [5, 5.41) is 12.0. The van der Waals surface area contributed by atoms with Gasteiger partial charge >= 0.3 is 0 Å². The van der Waals surface area contributed by atoms with Crippen molar-refractivity contribution in [2.24, 2.45) is 13.0 Å². The zero-order valence-electron chi connectivity index (χ0n) is 13.9. The van der Waals surface area contributed by atoms with Crippen LogP contribution in [0.1, 0.15) is 52.1 Å². The third kappa shape index (κ3) is 4.04. The topological polar surface area (TPSA) is 52.0 Å². The maximum Gasteiger partial charge on any atom is 0.0843 e. The average Bonchev–Trinajstić information content (AvgIpc) is 2.84. The fraction of sp³-hybridized carbons (Fsp3) is 0.875. The van der Waals surface area contributed by atoms with Crippen molar-refractivity contribution in [2.45, 2.75) is 64.5 Å². The van der Waals surface area contributed by atoms with Crippen LogP contribution in [-0.2, 0) is 18.2 Å². The maximum atomic E-state index is 6.32. The minimum absolute atomic E-state index is 0.0556. The van der Waals surface area contributed by atoms with E-state index in [0.717, 1.165) is 44.0 Å². The second-order valence-corrected chi connectivity index (χ2v) is 6.40. The first-order chi connectivity index (χ1) is 10.1. The van der Waals surface area contributed by atoms with Gasteiger partial charge in [0.05, 0.1) is 11.3 Å². The predicted octanol–water partition coefficient (Wildman–Crippen LogP) is 2.32. The van der Waals surface area contributed by atoms with Crippen molar-refractivity contribution in [3.05, 3.63) is 11.9 Å². The lowest BCUT2D eigenvalue weighted by atomic mass is 9.73. The molecule has 0 aromatic carbocycles. The van der Waals surface area contributed by atoms with E-state index in [0.29, 0.717) is 6.04 Å². The highest BCUT2D eigenvalue weighted by Crippen LogP contribution is 2.38. The zero-order chi connectivity index (χ0) is 15.3. The van der Waals surface area contributed by atoms with E-state index in [4.69, 9.17) is 4.74 Å². The molecule has 5 heteroatoms. The highest BCUT2D eigenvalue weighted by Gasteiger charge is 2.42. The molecule has 3 atom stereocenters. The molecule has 2 rings (SSSR count). The molecular formula is C16H30N4O. The van der Waals surface area contributed by atoms with Crippen molar-refractivity contribution in [2.75, 3.05) is 13.2 Å². The van der Waals surface area contributed by atoms with E-state index in [1.807, 2.05) is 13.2 Å². The molecule has 120 valence electrons. The van der Waals surface area contributed by atoms with Gasteiger partial charge in [-0.2, -0.15) is 0 Å². The number of hydrogen-bond donors (Lipinski definition) is 1. The molecule has 1 aliphatic rings. The van der Waals surface area contributed by atoms with E-state index in [-0.39, 0.29) is 5.60 Å². The quantitative estimate of drug-likeness (QED) is 0.838. The van der Waals surface area contributed by atoms with Gasteiger partial charge in [0.2, 0.25) is 0 Å². The van der Waals surface area contributed by atoms with Gasteiger partial charge in [0.15, 0.2) is 0 Å². The monoisotopic (exact) mass is 294 g/mol. The molecule has 0 amide bonds. The lowest BCUT2D eigenvalue weighted by Gasteiger charge is -2.45. The molecule has 0 aliphatic heterocycles.